The highest BCUT2D eigenvalue weighted by atomic mass is 32.2. The third-order valence-corrected chi connectivity index (χ3v) is 5.74. The smallest absolute Gasteiger partial charge is 0.322 e. The van der Waals surface area contributed by atoms with E-state index in [0.717, 1.165) is 32.8 Å². The minimum Gasteiger partial charge on any atom is -0.324 e. The molecule has 0 fully saturated rings. The summed E-state index contributed by atoms with van der Waals surface area (Å²) in [5.41, 5.74) is 5.52. The first-order chi connectivity index (χ1) is 15.2. The molecule has 0 bridgehead atoms. The van der Waals surface area contributed by atoms with E-state index in [4.69, 9.17) is 0 Å². The molecule has 0 spiro atoms. The number of nitrogens with one attached hydrogen (secondary N) is 2. The zero-order valence-electron chi connectivity index (χ0n) is 18.9. The second-order valence-corrected chi connectivity index (χ2v) is 8.76. The Hall–Kier alpha value is -3.39. The fourth-order valence-electron chi connectivity index (χ4n) is 3.34. The van der Waals surface area contributed by atoms with E-state index in [1.54, 1.807) is 25.5 Å². The number of aryl methyl sites for hydroxylation is 4. The Morgan fingerprint density at radius 2 is 1.59 bits per heavy atom. The van der Waals surface area contributed by atoms with E-state index in [2.05, 4.69) is 20.6 Å². The first kappa shape index (κ1) is 23.3. The summed E-state index contributed by atoms with van der Waals surface area (Å²) >= 11 is 1.45. The van der Waals surface area contributed by atoms with Gasteiger partial charge in [-0.1, -0.05) is 17.7 Å². The molecule has 2 N–H and O–H groups in total. The molecule has 0 radical (unpaired) electrons. The topological polar surface area (TPSA) is 87.2 Å². The third kappa shape index (κ3) is 6.07. The average molecular weight is 450 g/mol. The number of carbonyl (C=O) groups excluding carboxylic acids is 2. The SMILES string of the molecule is Cc1cc(C)c(NC(=O)CN(C)C(=O)Nc2ccc(Sc3ncccn3)cc2C)c(C)c1. The highest BCUT2D eigenvalue weighted by Gasteiger charge is 2.16. The van der Waals surface area contributed by atoms with E-state index in [-0.39, 0.29) is 18.5 Å². The first-order valence-electron chi connectivity index (χ1n) is 10.2. The van der Waals surface area contributed by atoms with E-state index in [1.165, 1.54) is 16.7 Å². The maximum atomic E-state index is 12.6. The van der Waals surface area contributed by atoms with Gasteiger partial charge in [0.1, 0.15) is 6.54 Å². The quantitative estimate of drug-likeness (QED) is 0.519. The number of rotatable bonds is 6. The summed E-state index contributed by atoms with van der Waals surface area (Å²) < 4.78 is 0. The summed E-state index contributed by atoms with van der Waals surface area (Å²) in [6.07, 6.45) is 3.40. The zero-order chi connectivity index (χ0) is 23.3. The molecule has 8 heteroatoms. The molecule has 0 saturated heterocycles. The second-order valence-electron chi connectivity index (χ2n) is 7.72. The molecule has 0 aliphatic carbocycles. The van der Waals surface area contributed by atoms with Crippen molar-refractivity contribution in [2.45, 2.75) is 37.7 Å². The summed E-state index contributed by atoms with van der Waals surface area (Å²) in [5, 5.41) is 6.45. The molecule has 1 heterocycles. The molecule has 7 nitrogen and oxygen atoms in total. The van der Waals surface area contributed by atoms with Crippen molar-refractivity contribution in [2.75, 3.05) is 24.2 Å². The first-order valence-corrected chi connectivity index (χ1v) is 11.0. The number of amides is 3. The lowest BCUT2D eigenvalue weighted by Gasteiger charge is -2.20. The van der Waals surface area contributed by atoms with Crippen molar-refractivity contribution in [2.24, 2.45) is 0 Å². The number of urea groups is 1. The van der Waals surface area contributed by atoms with Gasteiger partial charge in [-0.15, -0.1) is 0 Å². The van der Waals surface area contributed by atoms with Crippen molar-refractivity contribution in [1.29, 1.82) is 0 Å². The molecule has 1 aromatic heterocycles. The van der Waals surface area contributed by atoms with Crippen LogP contribution in [0.25, 0.3) is 0 Å². The van der Waals surface area contributed by atoms with Gasteiger partial charge in [0, 0.05) is 35.7 Å². The summed E-state index contributed by atoms with van der Waals surface area (Å²) in [6, 6.07) is 11.2. The molecule has 3 rings (SSSR count). The number of anilines is 2. The van der Waals surface area contributed by atoms with Gasteiger partial charge in [0.05, 0.1) is 0 Å². The van der Waals surface area contributed by atoms with Crippen LogP contribution in [-0.4, -0.2) is 40.4 Å². The lowest BCUT2D eigenvalue weighted by Crippen LogP contribution is -2.38. The second kappa shape index (κ2) is 10.3. The van der Waals surface area contributed by atoms with E-state index in [9.17, 15) is 9.59 Å². The summed E-state index contributed by atoms with van der Waals surface area (Å²) in [7, 11) is 1.59. The van der Waals surface area contributed by atoms with Crippen LogP contribution in [0.2, 0.25) is 0 Å². The van der Waals surface area contributed by atoms with Crippen LogP contribution in [0.4, 0.5) is 16.2 Å². The Bertz CT molecular complexity index is 1110. The van der Waals surface area contributed by atoms with Crippen molar-refractivity contribution < 1.29 is 9.59 Å². The van der Waals surface area contributed by atoms with Crippen molar-refractivity contribution in [3.8, 4) is 0 Å². The molecule has 0 aliphatic rings. The van der Waals surface area contributed by atoms with Gasteiger partial charge in [0.25, 0.3) is 0 Å². The van der Waals surface area contributed by atoms with Crippen LogP contribution in [0.1, 0.15) is 22.3 Å². The van der Waals surface area contributed by atoms with Crippen LogP contribution >= 0.6 is 11.8 Å². The van der Waals surface area contributed by atoms with Gasteiger partial charge in [-0.3, -0.25) is 4.79 Å². The maximum Gasteiger partial charge on any atom is 0.322 e. The van der Waals surface area contributed by atoms with Crippen molar-refractivity contribution in [1.82, 2.24) is 14.9 Å². The Labute approximate surface area is 192 Å². The molecule has 0 aliphatic heterocycles. The highest BCUT2D eigenvalue weighted by Crippen LogP contribution is 2.28. The maximum absolute atomic E-state index is 12.6. The number of hydrogen-bond donors (Lipinski definition) is 2. The monoisotopic (exact) mass is 449 g/mol. The number of likely N-dealkylation sites (N-methyl/N-ethyl adjacent to an activating group) is 1. The van der Waals surface area contributed by atoms with Crippen molar-refractivity contribution in [3.05, 3.63) is 71.0 Å². The number of carbonyl (C=O) groups is 2. The number of nitrogens with zero attached hydrogens (tertiary/aromatic N) is 3. The van der Waals surface area contributed by atoms with Crippen molar-refractivity contribution in [3.63, 3.8) is 0 Å². The fourth-order valence-corrected chi connectivity index (χ4v) is 4.15. The molecular formula is C24H27N5O2S. The molecular weight excluding hydrogens is 422 g/mol. The summed E-state index contributed by atoms with van der Waals surface area (Å²) in [4.78, 5) is 35.9. The van der Waals surface area contributed by atoms with Gasteiger partial charge < -0.3 is 15.5 Å². The molecule has 3 amide bonds. The predicted molar refractivity (Wildman–Crippen MR) is 128 cm³/mol. The lowest BCUT2D eigenvalue weighted by molar-refractivity contribution is -0.116. The molecule has 166 valence electrons. The van der Waals surface area contributed by atoms with Crippen LogP contribution in [0.3, 0.4) is 0 Å². The van der Waals surface area contributed by atoms with Gasteiger partial charge in [-0.25, -0.2) is 14.8 Å². The van der Waals surface area contributed by atoms with Crippen LogP contribution in [0.5, 0.6) is 0 Å². The van der Waals surface area contributed by atoms with Gasteiger partial charge in [0.2, 0.25) is 5.91 Å². The molecule has 2 aromatic carbocycles. The van der Waals surface area contributed by atoms with Crippen LogP contribution in [0.15, 0.2) is 58.8 Å². The Morgan fingerprint density at radius 3 is 2.22 bits per heavy atom. The Morgan fingerprint density at radius 1 is 0.938 bits per heavy atom. The van der Waals surface area contributed by atoms with Gasteiger partial charge >= 0.3 is 6.03 Å². The third-order valence-electron chi connectivity index (χ3n) is 4.86. The zero-order valence-corrected chi connectivity index (χ0v) is 19.7. The normalized spacial score (nSPS) is 10.5. The van der Waals surface area contributed by atoms with E-state index < -0.39 is 0 Å². The molecule has 0 unspecified atom stereocenters. The van der Waals surface area contributed by atoms with E-state index in [1.807, 2.05) is 58.0 Å². The van der Waals surface area contributed by atoms with E-state index in [0.29, 0.717) is 10.8 Å². The van der Waals surface area contributed by atoms with Gasteiger partial charge in [0.15, 0.2) is 5.16 Å². The van der Waals surface area contributed by atoms with Crippen LogP contribution in [0, 0.1) is 27.7 Å². The number of benzene rings is 2. The largest absolute Gasteiger partial charge is 0.324 e. The van der Waals surface area contributed by atoms with E-state index >= 15 is 0 Å². The average Bonchev–Trinajstić information content (AvgIpc) is 2.73. The predicted octanol–water partition coefficient (Wildman–Crippen LogP) is 4.96. The Kier molecular flexibility index (Phi) is 7.48. The molecule has 0 atom stereocenters. The fraction of sp³-hybridized carbons (Fsp3) is 0.250. The highest BCUT2D eigenvalue weighted by molar-refractivity contribution is 7.99. The minimum absolute atomic E-state index is 0.0586. The summed E-state index contributed by atoms with van der Waals surface area (Å²) in [6.45, 7) is 7.80. The molecule has 32 heavy (non-hydrogen) atoms. The summed E-state index contributed by atoms with van der Waals surface area (Å²) in [5.74, 6) is -0.246. The van der Waals surface area contributed by atoms with Gasteiger partial charge in [-0.05, 0) is 80.4 Å². The van der Waals surface area contributed by atoms with Crippen LogP contribution in [-0.2, 0) is 4.79 Å². The lowest BCUT2D eigenvalue weighted by atomic mass is 10.1. The number of hydrogen-bond acceptors (Lipinski definition) is 5. The van der Waals surface area contributed by atoms with Gasteiger partial charge in [-0.2, -0.15) is 0 Å². The minimum atomic E-state index is -0.354. The molecule has 0 saturated carbocycles. The van der Waals surface area contributed by atoms with Crippen molar-refractivity contribution >= 4 is 35.1 Å². The Balaban J connectivity index is 1.59. The number of aromatic nitrogens is 2. The molecule has 3 aromatic rings. The standard InChI is InChI=1S/C24H27N5O2S/c1-15-11-17(3)22(18(4)12-15)28-21(30)14-29(5)24(31)27-20-8-7-19(13-16(20)2)32-23-25-9-6-10-26-23/h6-13H,14H2,1-5H3,(H,27,31)(H,28,30). The van der Waals surface area contributed by atoms with Crippen LogP contribution < -0.4 is 10.6 Å².